The van der Waals surface area contributed by atoms with E-state index in [0.717, 1.165) is 3.01 Å². The van der Waals surface area contributed by atoms with Crippen molar-refractivity contribution in [1.29, 1.82) is 5.26 Å². The van der Waals surface area contributed by atoms with Gasteiger partial charge in [-0.25, -0.2) is 4.98 Å². The van der Waals surface area contributed by atoms with Crippen molar-refractivity contribution in [3.8, 4) is 6.07 Å². The molecule has 0 aromatic carbocycles. The molecule has 8 heavy (non-hydrogen) atoms. The molecule has 0 unspecified atom stereocenters. The van der Waals surface area contributed by atoms with Crippen molar-refractivity contribution in [2.45, 2.75) is 0 Å². The summed E-state index contributed by atoms with van der Waals surface area (Å²) >= 11 is 3.56. The maximum Gasteiger partial charge on any atom is 0.155 e. The largest absolute Gasteiger partial charge is 0.219 e. The van der Waals surface area contributed by atoms with E-state index in [9.17, 15) is 0 Å². The normalized spacial score (nSPS) is 8.50. The van der Waals surface area contributed by atoms with Gasteiger partial charge >= 0.3 is 0 Å². The molecule has 1 aromatic heterocycles. The first kappa shape index (κ1) is 5.98. The highest BCUT2D eigenvalue weighted by atomic mass is 127. The van der Waals surface area contributed by atoms with Gasteiger partial charge in [0.1, 0.15) is 6.07 Å². The number of aromatic nitrogens is 1. The van der Waals surface area contributed by atoms with E-state index in [-0.39, 0.29) is 0 Å². The fourth-order valence-corrected chi connectivity index (χ4v) is 1.41. The first-order valence-electron chi connectivity index (χ1n) is 1.84. The summed E-state index contributed by atoms with van der Waals surface area (Å²) in [5.41, 5.74) is 0.513. The Morgan fingerprint density at radius 1 is 1.88 bits per heavy atom. The molecule has 0 aliphatic heterocycles. The van der Waals surface area contributed by atoms with Crippen molar-refractivity contribution in [2.24, 2.45) is 0 Å². The average Bonchev–Trinajstić information content (AvgIpc) is 2.14. The molecule has 0 N–H and O–H groups in total. The smallest absolute Gasteiger partial charge is 0.155 e. The molecule has 0 spiro atoms. The topological polar surface area (TPSA) is 36.7 Å². The van der Waals surface area contributed by atoms with Gasteiger partial charge in [0.15, 0.2) is 8.71 Å². The second kappa shape index (κ2) is 2.42. The number of nitriles is 1. The molecule has 0 saturated carbocycles. The van der Waals surface area contributed by atoms with Gasteiger partial charge in [0.2, 0.25) is 0 Å². The van der Waals surface area contributed by atoms with E-state index in [4.69, 9.17) is 5.26 Å². The van der Waals surface area contributed by atoms with Crippen LogP contribution in [0.1, 0.15) is 5.69 Å². The standard InChI is InChI=1S/C4HIN2S/c5-4-7-3(1-6)2-8-4/h2H. The van der Waals surface area contributed by atoms with Crippen molar-refractivity contribution >= 4 is 33.9 Å². The summed E-state index contributed by atoms with van der Waals surface area (Å²) in [5.74, 6) is 0. The SMILES string of the molecule is N#Cc1csc(I)n1. The van der Waals surface area contributed by atoms with Gasteiger partial charge in [0.25, 0.3) is 0 Å². The summed E-state index contributed by atoms with van der Waals surface area (Å²) in [6, 6.07) is 1.94. The number of nitrogens with zero attached hydrogens (tertiary/aromatic N) is 2. The Morgan fingerprint density at radius 3 is 2.88 bits per heavy atom. The molecule has 0 radical (unpaired) electrons. The third-order valence-corrected chi connectivity index (χ3v) is 2.22. The van der Waals surface area contributed by atoms with E-state index in [1.807, 2.05) is 6.07 Å². The monoisotopic (exact) mass is 236 g/mol. The highest BCUT2D eigenvalue weighted by molar-refractivity contribution is 14.1. The van der Waals surface area contributed by atoms with Crippen LogP contribution in [0.2, 0.25) is 0 Å². The van der Waals surface area contributed by atoms with Crippen LogP contribution >= 0.6 is 33.9 Å². The Morgan fingerprint density at radius 2 is 2.62 bits per heavy atom. The lowest BCUT2D eigenvalue weighted by Gasteiger charge is -1.66. The van der Waals surface area contributed by atoms with E-state index in [0.29, 0.717) is 5.69 Å². The highest BCUT2D eigenvalue weighted by Crippen LogP contribution is 2.09. The minimum atomic E-state index is 0.513. The second-order valence-electron chi connectivity index (χ2n) is 1.10. The fourth-order valence-electron chi connectivity index (χ4n) is 0.303. The lowest BCUT2D eigenvalue weighted by Crippen LogP contribution is -1.69. The van der Waals surface area contributed by atoms with Crippen molar-refractivity contribution in [3.63, 3.8) is 0 Å². The molecule has 4 heteroatoms. The third-order valence-electron chi connectivity index (χ3n) is 0.591. The van der Waals surface area contributed by atoms with Gasteiger partial charge in [0, 0.05) is 5.38 Å². The van der Waals surface area contributed by atoms with E-state index in [1.165, 1.54) is 11.3 Å². The van der Waals surface area contributed by atoms with Gasteiger partial charge < -0.3 is 0 Å². The third kappa shape index (κ3) is 1.17. The molecular formula is C4HIN2S. The molecule has 1 rings (SSSR count). The van der Waals surface area contributed by atoms with Crippen molar-refractivity contribution in [3.05, 3.63) is 14.1 Å². The zero-order chi connectivity index (χ0) is 5.98. The van der Waals surface area contributed by atoms with E-state index >= 15 is 0 Å². The van der Waals surface area contributed by atoms with E-state index < -0.39 is 0 Å². The molecule has 0 aliphatic rings. The molecule has 1 heterocycles. The quantitative estimate of drug-likeness (QED) is 0.641. The Balaban J connectivity index is 3.05. The van der Waals surface area contributed by atoms with Crippen LogP contribution in [0.3, 0.4) is 0 Å². The summed E-state index contributed by atoms with van der Waals surface area (Å²) in [6.45, 7) is 0. The minimum Gasteiger partial charge on any atom is -0.219 e. The molecular weight excluding hydrogens is 235 g/mol. The van der Waals surface area contributed by atoms with Crippen LogP contribution in [0.5, 0.6) is 0 Å². The summed E-state index contributed by atoms with van der Waals surface area (Å²) < 4.78 is 0.916. The van der Waals surface area contributed by atoms with Crippen LogP contribution < -0.4 is 0 Å². The molecule has 40 valence electrons. The van der Waals surface area contributed by atoms with E-state index in [1.54, 1.807) is 5.38 Å². The first-order valence-corrected chi connectivity index (χ1v) is 3.80. The second-order valence-corrected chi connectivity index (χ2v) is 3.71. The maximum absolute atomic E-state index is 8.24. The Labute approximate surface area is 64.3 Å². The molecule has 0 atom stereocenters. The van der Waals surface area contributed by atoms with Crippen LogP contribution in [-0.2, 0) is 0 Å². The number of rotatable bonds is 0. The van der Waals surface area contributed by atoms with Crippen LogP contribution in [0, 0.1) is 14.3 Å². The highest BCUT2D eigenvalue weighted by Gasteiger charge is 1.93. The zero-order valence-electron chi connectivity index (χ0n) is 3.76. The number of hydrogen-bond donors (Lipinski definition) is 0. The van der Waals surface area contributed by atoms with Gasteiger partial charge in [-0.15, -0.1) is 11.3 Å². The lowest BCUT2D eigenvalue weighted by molar-refractivity contribution is 1.30. The Bertz CT molecular complexity index is 224. The summed E-state index contributed by atoms with van der Waals surface area (Å²) in [6.07, 6.45) is 0. The fraction of sp³-hybridized carbons (Fsp3) is 0. The van der Waals surface area contributed by atoms with Crippen molar-refractivity contribution < 1.29 is 0 Å². The van der Waals surface area contributed by atoms with Crippen molar-refractivity contribution in [1.82, 2.24) is 4.98 Å². The van der Waals surface area contributed by atoms with Crippen LogP contribution in [-0.4, -0.2) is 4.98 Å². The Kier molecular flexibility index (Phi) is 1.81. The molecule has 2 nitrogen and oxygen atoms in total. The molecule has 1 aromatic rings. The number of thiazole rings is 1. The molecule has 0 fully saturated rings. The maximum atomic E-state index is 8.24. The minimum absolute atomic E-state index is 0.513. The summed E-state index contributed by atoms with van der Waals surface area (Å²) in [5, 5.41) is 9.98. The predicted octanol–water partition coefficient (Wildman–Crippen LogP) is 1.62. The molecule has 0 aliphatic carbocycles. The molecule has 0 saturated heterocycles. The van der Waals surface area contributed by atoms with Crippen LogP contribution in [0.4, 0.5) is 0 Å². The Hall–Kier alpha value is -0.150. The van der Waals surface area contributed by atoms with Gasteiger partial charge in [-0.1, -0.05) is 0 Å². The number of hydrogen-bond acceptors (Lipinski definition) is 3. The van der Waals surface area contributed by atoms with Gasteiger partial charge in [-0.05, 0) is 22.6 Å². The van der Waals surface area contributed by atoms with Crippen LogP contribution in [0.15, 0.2) is 5.38 Å². The van der Waals surface area contributed by atoms with Gasteiger partial charge in [0.05, 0.1) is 0 Å². The predicted molar refractivity (Wildman–Crippen MR) is 39.5 cm³/mol. The zero-order valence-corrected chi connectivity index (χ0v) is 6.73. The van der Waals surface area contributed by atoms with Gasteiger partial charge in [-0.3, -0.25) is 0 Å². The summed E-state index contributed by atoms with van der Waals surface area (Å²) in [4.78, 5) is 3.87. The first-order chi connectivity index (χ1) is 3.83. The molecule has 0 amide bonds. The van der Waals surface area contributed by atoms with Crippen molar-refractivity contribution in [2.75, 3.05) is 0 Å². The summed E-state index contributed by atoms with van der Waals surface area (Å²) in [7, 11) is 0. The van der Waals surface area contributed by atoms with Gasteiger partial charge in [-0.2, -0.15) is 5.26 Å². The molecule has 0 bridgehead atoms. The number of halogens is 1. The average molecular weight is 236 g/mol. The van der Waals surface area contributed by atoms with E-state index in [2.05, 4.69) is 27.6 Å². The lowest BCUT2D eigenvalue weighted by atomic mass is 10.6. The van der Waals surface area contributed by atoms with Crippen LogP contribution in [0.25, 0.3) is 0 Å².